The van der Waals surface area contributed by atoms with Crippen LogP contribution in [0.2, 0.25) is 0 Å². The van der Waals surface area contributed by atoms with Gasteiger partial charge in [-0.2, -0.15) is 0 Å². The molecule has 8 nitrogen and oxygen atoms in total. The van der Waals surface area contributed by atoms with Crippen molar-refractivity contribution in [2.75, 3.05) is 26.8 Å². The number of esters is 1. The molecule has 2 atom stereocenters. The second-order valence-corrected chi connectivity index (χ2v) is 8.36. The molecule has 0 spiro atoms. The summed E-state index contributed by atoms with van der Waals surface area (Å²) in [4.78, 5) is 40.7. The number of carbonyl (C=O) groups excluding carboxylic acids is 3. The summed E-state index contributed by atoms with van der Waals surface area (Å²) in [6, 6.07) is 8.52. The van der Waals surface area contributed by atoms with E-state index in [4.69, 9.17) is 14.2 Å². The van der Waals surface area contributed by atoms with Gasteiger partial charge in [-0.15, -0.1) is 0 Å². The second kappa shape index (κ2) is 10.8. The molecule has 1 aliphatic rings. The highest BCUT2D eigenvalue weighted by molar-refractivity contribution is 5.82. The van der Waals surface area contributed by atoms with Crippen LogP contribution in [0.3, 0.4) is 0 Å². The Morgan fingerprint density at radius 1 is 1.23 bits per heavy atom. The molecule has 0 saturated carbocycles. The number of hydrogen-bond donors (Lipinski definition) is 0. The fourth-order valence-corrected chi connectivity index (χ4v) is 3.45. The number of benzene rings is 1. The van der Waals surface area contributed by atoms with Gasteiger partial charge in [0.05, 0.1) is 13.2 Å². The van der Waals surface area contributed by atoms with Gasteiger partial charge in [0, 0.05) is 19.5 Å². The minimum atomic E-state index is -0.839. The Morgan fingerprint density at radius 2 is 1.90 bits per heavy atom. The monoisotopic (exact) mass is 432 g/mol. The quantitative estimate of drug-likeness (QED) is 0.373. The molecule has 0 unspecified atom stereocenters. The number of methoxy groups -OCH3 is 1. The van der Waals surface area contributed by atoms with Crippen molar-refractivity contribution < 1.29 is 28.6 Å². The third-order valence-corrected chi connectivity index (χ3v) is 4.86. The number of amides is 2. The number of carbonyl (C=O) groups is 3. The Morgan fingerprint density at radius 3 is 2.48 bits per heavy atom. The van der Waals surface area contributed by atoms with Crippen molar-refractivity contribution in [1.29, 1.82) is 0 Å². The predicted octanol–water partition coefficient (Wildman–Crippen LogP) is 3.40. The highest BCUT2D eigenvalue weighted by Gasteiger charge is 2.45. The molecule has 31 heavy (non-hydrogen) atoms. The van der Waals surface area contributed by atoms with E-state index in [2.05, 4.69) is 6.58 Å². The average Bonchev–Trinajstić information content (AvgIpc) is 3.16. The van der Waals surface area contributed by atoms with Crippen molar-refractivity contribution in [1.82, 2.24) is 9.80 Å². The first-order chi connectivity index (χ1) is 14.7. The van der Waals surface area contributed by atoms with E-state index >= 15 is 0 Å². The topological polar surface area (TPSA) is 85.4 Å². The Balaban J connectivity index is 2.23. The van der Waals surface area contributed by atoms with Crippen LogP contribution in [0.25, 0.3) is 0 Å². The summed E-state index contributed by atoms with van der Waals surface area (Å²) in [6.45, 7) is 9.47. The fourth-order valence-electron chi connectivity index (χ4n) is 3.45. The number of rotatable bonds is 7. The Bertz CT molecular complexity index is 774. The lowest BCUT2D eigenvalue weighted by atomic mass is 10.1. The SMILES string of the molecule is C=CCOC(=O)N1C[C@H](N(CCc2ccccc2)C(=O)OC(C)(C)C)C[C@H]1C(=O)OC. The molecular formula is C23H32N2O6. The van der Waals surface area contributed by atoms with Gasteiger partial charge in [-0.05, 0) is 32.8 Å². The lowest BCUT2D eigenvalue weighted by molar-refractivity contribution is -0.145. The van der Waals surface area contributed by atoms with Crippen LogP contribution < -0.4 is 0 Å². The minimum Gasteiger partial charge on any atom is -0.467 e. The highest BCUT2D eigenvalue weighted by atomic mass is 16.6. The first kappa shape index (κ1) is 24.2. The van der Waals surface area contributed by atoms with Crippen LogP contribution in [0.5, 0.6) is 0 Å². The van der Waals surface area contributed by atoms with E-state index < -0.39 is 35.8 Å². The standard InChI is InChI=1S/C23H32N2O6/c1-6-14-30-21(27)25-16-18(15-19(25)20(26)29-5)24(22(28)31-23(2,3)4)13-12-17-10-8-7-9-11-17/h6-11,18-19H,1,12-16H2,2-5H3/t18-,19+/m1/s1. The molecule has 1 saturated heterocycles. The fraction of sp³-hybridized carbons (Fsp3) is 0.522. The van der Waals surface area contributed by atoms with Gasteiger partial charge >= 0.3 is 18.2 Å². The van der Waals surface area contributed by atoms with E-state index in [1.165, 1.54) is 18.1 Å². The number of hydrogen-bond acceptors (Lipinski definition) is 6. The van der Waals surface area contributed by atoms with Crippen molar-refractivity contribution in [3.8, 4) is 0 Å². The van der Waals surface area contributed by atoms with Crippen molar-refractivity contribution in [3.63, 3.8) is 0 Å². The summed E-state index contributed by atoms with van der Waals surface area (Å²) in [5.74, 6) is -0.551. The third-order valence-electron chi connectivity index (χ3n) is 4.86. The molecule has 170 valence electrons. The van der Waals surface area contributed by atoms with Crippen molar-refractivity contribution in [2.45, 2.75) is 51.3 Å². The van der Waals surface area contributed by atoms with Crippen molar-refractivity contribution in [2.24, 2.45) is 0 Å². The van der Waals surface area contributed by atoms with E-state index in [1.54, 1.807) is 25.7 Å². The molecule has 1 aromatic carbocycles. The smallest absolute Gasteiger partial charge is 0.410 e. The molecule has 0 aromatic heterocycles. The molecule has 0 N–H and O–H groups in total. The number of nitrogens with zero attached hydrogens (tertiary/aromatic N) is 2. The zero-order valence-corrected chi connectivity index (χ0v) is 18.7. The first-order valence-electron chi connectivity index (χ1n) is 10.3. The summed E-state index contributed by atoms with van der Waals surface area (Å²) in [7, 11) is 1.27. The van der Waals surface area contributed by atoms with Crippen LogP contribution in [0.15, 0.2) is 43.0 Å². The summed E-state index contributed by atoms with van der Waals surface area (Å²) in [6.07, 6.45) is 1.17. The van der Waals surface area contributed by atoms with Crippen LogP contribution in [0.1, 0.15) is 32.8 Å². The molecule has 0 aliphatic carbocycles. The molecule has 1 aliphatic heterocycles. The first-order valence-corrected chi connectivity index (χ1v) is 10.3. The molecule has 1 heterocycles. The molecule has 0 radical (unpaired) electrons. The van der Waals surface area contributed by atoms with Crippen LogP contribution in [0, 0.1) is 0 Å². The van der Waals surface area contributed by atoms with Gasteiger partial charge in [0.15, 0.2) is 0 Å². The van der Waals surface area contributed by atoms with Gasteiger partial charge in [-0.25, -0.2) is 14.4 Å². The van der Waals surface area contributed by atoms with Gasteiger partial charge in [0.25, 0.3) is 0 Å². The number of ether oxygens (including phenoxy) is 3. The van der Waals surface area contributed by atoms with Crippen molar-refractivity contribution >= 4 is 18.2 Å². The van der Waals surface area contributed by atoms with Gasteiger partial charge < -0.3 is 19.1 Å². The molecule has 2 rings (SSSR count). The van der Waals surface area contributed by atoms with Crippen LogP contribution in [-0.2, 0) is 25.4 Å². The maximum Gasteiger partial charge on any atom is 0.410 e. The average molecular weight is 433 g/mol. The third kappa shape index (κ3) is 7.01. The van der Waals surface area contributed by atoms with Crippen molar-refractivity contribution in [3.05, 3.63) is 48.6 Å². The minimum absolute atomic E-state index is 0.0255. The van der Waals surface area contributed by atoms with Crippen LogP contribution in [0.4, 0.5) is 9.59 Å². The Hall–Kier alpha value is -3.03. The van der Waals surface area contributed by atoms with Gasteiger partial charge in [0.1, 0.15) is 18.2 Å². The predicted molar refractivity (Wildman–Crippen MR) is 116 cm³/mol. The van der Waals surface area contributed by atoms with E-state index in [1.807, 2.05) is 30.3 Å². The van der Waals surface area contributed by atoms with Gasteiger partial charge in [-0.3, -0.25) is 4.90 Å². The van der Waals surface area contributed by atoms with Gasteiger partial charge in [0.2, 0.25) is 0 Å². The van der Waals surface area contributed by atoms with Crippen LogP contribution in [-0.4, -0.2) is 72.4 Å². The number of likely N-dealkylation sites (tertiary alicyclic amines) is 1. The van der Waals surface area contributed by atoms with E-state index in [-0.39, 0.29) is 19.6 Å². The Kier molecular flexibility index (Phi) is 8.47. The summed E-state index contributed by atoms with van der Waals surface area (Å²) >= 11 is 0. The molecule has 2 amide bonds. The highest BCUT2D eigenvalue weighted by Crippen LogP contribution is 2.26. The molecule has 8 heteroatoms. The molecule has 1 fully saturated rings. The maximum absolute atomic E-state index is 13.0. The van der Waals surface area contributed by atoms with E-state index in [0.717, 1.165) is 5.56 Å². The second-order valence-electron chi connectivity index (χ2n) is 8.36. The molecule has 1 aromatic rings. The van der Waals surface area contributed by atoms with Gasteiger partial charge in [-0.1, -0.05) is 43.0 Å². The summed E-state index contributed by atoms with van der Waals surface area (Å²) < 4.78 is 15.6. The van der Waals surface area contributed by atoms with E-state index in [9.17, 15) is 14.4 Å². The van der Waals surface area contributed by atoms with Crippen LogP contribution >= 0.6 is 0 Å². The lowest BCUT2D eigenvalue weighted by Gasteiger charge is -2.31. The summed E-state index contributed by atoms with van der Waals surface area (Å²) in [5, 5.41) is 0. The lowest BCUT2D eigenvalue weighted by Crippen LogP contribution is -2.46. The zero-order chi connectivity index (χ0) is 23.0. The molecule has 0 bridgehead atoms. The normalized spacial score (nSPS) is 18.3. The maximum atomic E-state index is 13.0. The molecular weight excluding hydrogens is 400 g/mol. The largest absolute Gasteiger partial charge is 0.467 e. The summed E-state index contributed by atoms with van der Waals surface area (Å²) in [5.41, 5.74) is 0.395. The van der Waals surface area contributed by atoms with E-state index in [0.29, 0.717) is 13.0 Å². The Labute approximate surface area is 183 Å². The zero-order valence-electron chi connectivity index (χ0n) is 18.7.